The molecule has 0 fully saturated rings. The lowest BCUT2D eigenvalue weighted by atomic mass is 9.95. The smallest absolute Gasteiger partial charge is 0.0720 e. The molecule has 0 heterocycles. The molecule has 0 aliphatic rings. The van der Waals surface area contributed by atoms with Crippen molar-refractivity contribution >= 4 is 29.2 Å². The van der Waals surface area contributed by atoms with E-state index in [-0.39, 0.29) is 0 Å². The molecule has 0 aromatic heterocycles. The highest BCUT2D eigenvalue weighted by Crippen LogP contribution is 2.21. The summed E-state index contributed by atoms with van der Waals surface area (Å²) in [5.41, 5.74) is 17.2. The summed E-state index contributed by atoms with van der Waals surface area (Å²) in [6.07, 6.45) is 10.2. The highest BCUT2D eigenvalue weighted by molar-refractivity contribution is 6.24. The maximum absolute atomic E-state index is 8.47. The Morgan fingerprint density at radius 3 is 2.69 bits per heavy atom. The molecule has 5 heteroatoms. The molecule has 0 bridgehead atoms. The molecule has 0 aliphatic heterocycles. The van der Waals surface area contributed by atoms with Crippen molar-refractivity contribution in [3.8, 4) is 0 Å². The number of hydrogen-bond acceptors (Lipinski definition) is 4. The fourth-order valence-electron chi connectivity index (χ4n) is 2.53. The number of aliphatic imine (C=N–C) groups is 1. The lowest BCUT2D eigenvalue weighted by Gasteiger charge is -2.12. The van der Waals surface area contributed by atoms with Crippen LogP contribution in [-0.4, -0.2) is 24.9 Å². The van der Waals surface area contributed by atoms with Crippen molar-refractivity contribution in [3.63, 3.8) is 0 Å². The van der Waals surface area contributed by atoms with Crippen LogP contribution in [0.3, 0.4) is 0 Å². The van der Waals surface area contributed by atoms with Crippen LogP contribution in [0.25, 0.3) is 0 Å². The predicted molar refractivity (Wildman–Crippen MR) is 115 cm³/mol. The van der Waals surface area contributed by atoms with Crippen LogP contribution >= 0.6 is 11.6 Å². The van der Waals surface area contributed by atoms with E-state index >= 15 is 0 Å². The van der Waals surface area contributed by atoms with Gasteiger partial charge in [0.05, 0.1) is 5.71 Å². The van der Waals surface area contributed by atoms with E-state index in [9.17, 15) is 0 Å². The van der Waals surface area contributed by atoms with Crippen LogP contribution in [-0.2, 0) is 6.42 Å². The van der Waals surface area contributed by atoms with E-state index in [0.717, 1.165) is 29.6 Å². The molecule has 0 radical (unpaired) electrons. The third kappa shape index (κ3) is 6.05. The fourth-order valence-corrected chi connectivity index (χ4v) is 2.71. The second kappa shape index (κ2) is 11.1. The Balaban J connectivity index is 3.10. The maximum Gasteiger partial charge on any atom is 0.0720 e. The topological polar surface area (TPSA) is 88.2 Å². The minimum atomic E-state index is 0.324. The van der Waals surface area contributed by atoms with Gasteiger partial charge in [0.2, 0.25) is 0 Å². The zero-order chi connectivity index (χ0) is 19.5. The average molecular weight is 371 g/mol. The first-order valence-electron chi connectivity index (χ1n) is 8.34. The molecule has 0 spiro atoms. The van der Waals surface area contributed by atoms with Gasteiger partial charge in [-0.15, -0.1) is 11.6 Å². The quantitative estimate of drug-likeness (QED) is 0.260. The third-order valence-electron chi connectivity index (χ3n) is 4.00. The van der Waals surface area contributed by atoms with Crippen LogP contribution in [0.15, 0.2) is 70.9 Å². The summed E-state index contributed by atoms with van der Waals surface area (Å²) in [7, 11) is 1.67. The summed E-state index contributed by atoms with van der Waals surface area (Å²) in [5.74, 6) is 0.449. The predicted octanol–water partition coefficient (Wildman–Crippen LogP) is 4.41. The molecule has 0 aliphatic carbocycles. The van der Waals surface area contributed by atoms with E-state index in [4.69, 9.17) is 28.5 Å². The zero-order valence-electron chi connectivity index (χ0n) is 15.4. The van der Waals surface area contributed by atoms with Crippen molar-refractivity contribution < 1.29 is 0 Å². The standard InChI is InChI=1S/C21H27ClN4/c1-4-5-18(14-26-3)21(25)19-12-16(7-9-20(19)24)6-8-17(10-11-22)15(2)13-23/h4-5,7,9-10,12-14,25H,1,6,8,11,23-24H2,2-3H3/b15-13-,17-10-,18-5+,25-21?,26-14?. The van der Waals surface area contributed by atoms with Crippen LogP contribution in [0.1, 0.15) is 24.5 Å². The molecule has 0 saturated carbocycles. The Morgan fingerprint density at radius 1 is 1.38 bits per heavy atom. The molecule has 1 aromatic rings. The van der Waals surface area contributed by atoms with Crippen molar-refractivity contribution in [1.82, 2.24) is 0 Å². The Bertz CT molecular complexity index is 770. The number of nitrogens with zero attached hydrogens (tertiary/aromatic N) is 1. The summed E-state index contributed by atoms with van der Waals surface area (Å²) in [6.45, 7) is 5.66. The van der Waals surface area contributed by atoms with Crippen molar-refractivity contribution in [2.24, 2.45) is 10.7 Å². The van der Waals surface area contributed by atoms with Gasteiger partial charge in [-0.2, -0.15) is 0 Å². The van der Waals surface area contributed by atoms with Crippen LogP contribution in [0.4, 0.5) is 5.69 Å². The largest absolute Gasteiger partial charge is 0.404 e. The lowest BCUT2D eigenvalue weighted by Crippen LogP contribution is -2.09. The SMILES string of the molecule is C=C/C=C(\C=NC)C(=N)c1cc(CCC(=C/CCl)/C(C)=C\N)ccc1N. The molecule has 1 rings (SSSR count). The number of nitrogens with two attached hydrogens (primary N) is 2. The number of rotatable bonds is 9. The van der Waals surface area contributed by atoms with Gasteiger partial charge in [-0.25, -0.2) is 0 Å². The molecule has 1 aromatic carbocycles. The van der Waals surface area contributed by atoms with Gasteiger partial charge in [-0.05, 0) is 54.8 Å². The average Bonchev–Trinajstić information content (AvgIpc) is 2.64. The summed E-state index contributed by atoms with van der Waals surface area (Å²) < 4.78 is 0. The Kier molecular flexibility index (Phi) is 9.17. The van der Waals surface area contributed by atoms with Crippen LogP contribution in [0.2, 0.25) is 0 Å². The van der Waals surface area contributed by atoms with Gasteiger partial charge in [0.1, 0.15) is 0 Å². The minimum absolute atomic E-state index is 0.324. The second-order valence-electron chi connectivity index (χ2n) is 5.77. The summed E-state index contributed by atoms with van der Waals surface area (Å²) >= 11 is 5.85. The number of benzene rings is 1. The zero-order valence-corrected chi connectivity index (χ0v) is 16.2. The van der Waals surface area contributed by atoms with Crippen molar-refractivity contribution in [3.05, 3.63) is 77.1 Å². The van der Waals surface area contributed by atoms with Crippen LogP contribution < -0.4 is 11.5 Å². The molecule has 138 valence electrons. The van der Waals surface area contributed by atoms with Gasteiger partial charge >= 0.3 is 0 Å². The van der Waals surface area contributed by atoms with Crippen LogP contribution in [0.5, 0.6) is 0 Å². The summed E-state index contributed by atoms with van der Waals surface area (Å²) in [5, 5.41) is 8.47. The summed E-state index contributed by atoms with van der Waals surface area (Å²) in [6, 6.07) is 5.78. The second-order valence-corrected chi connectivity index (χ2v) is 6.08. The molecule has 5 N–H and O–H groups in total. The van der Waals surface area contributed by atoms with E-state index < -0.39 is 0 Å². The van der Waals surface area contributed by atoms with E-state index in [1.807, 2.05) is 31.2 Å². The van der Waals surface area contributed by atoms with Crippen molar-refractivity contribution in [2.45, 2.75) is 19.8 Å². The normalized spacial score (nSPS) is 13.3. The number of halogens is 1. The number of alkyl halides is 1. The molecule has 26 heavy (non-hydrogen) atoms. The Labute approximate surface area is 161 Å². The number of aryl methyl sites for hydroxylation is 1. The van der Waals surface area contributed by atoms with Gasteiger partial charge in [-0.3, -0.25) is 10.4 Å². The number of hydrogen-bond donors (Lipinski definition) is 3. The first kappa shape index (κ1) is 21.5. The molecular weight excluding hydrogens is 344 g/mol. The molecule has 0 atom stereocenters. The highest BCUT2D eigenvalue weighted by atomic mass is 35.5. The third-order valence-corrected chi connectivity index (χ3v) is 4.16. The molecule has 4 nitrogen and oxygen atoms in total. The van der Waals surface area contributed by atoms with Crippen molar-refractivity contribution in [2.75, 3.05) is 18.7 Å². The van der Waals surface area contributed by atoms with E-state index in [1.54, 1.807) is 31.6 Å². The van der Waals surface area contributed by atoms with Gasteiger partial charge in [0, 0.05) is 36.0 Å². The maximum atomic E-state index is 8.47. The van der Waals surface area contributed by atoms with E-state index in [0.29, 0.717) is 28.4 Å². The van der Waals surface area contributed by atoms with Gasteiger partial charge in [-0.1, -0.05) is 30.9 Å². The highest BCUT2D eigenvalue weighted by Gasteiger charge is 2.11. The fraction of sp³-hybridized carbons (Fsp3) is 0.238. The van der Waals surface area contributed by atoms with Crippen LogP contribution in [0, 0.1) is 5.41 Å². The number of nitrogens with one attached hydrogen (secondary N) is 1. The first-order valence-corrected chi connectivity index (χ1v) is 8.88. The number of allylic oxidation sites excluding steroid dienone is 6. The Morgan fingerprint density at radius 2 is 2.12 bits per heavy atom. The molecule has 0 amide bonds. The monoisotopic (exact) mass is 370 g/mol. The van der Waals surface area contributed by atoms with E-state index in [1.165, 1.54) is 0 Å². The van der Waals surface area contributed by atoms with Gasteiger partial charge < -0.3 is 11.5 Å². The van der Waals surface area contributed by atoms with Crippen molar-refractivity contribution in [1.29, 1.82) is 5.41 Å². The molecular formula is C21H27ClN4. The lowest BCUT2D eigenvalue weighted by molar-refractivity contribution is 0.943. The first-order chi connectivity index (χ1) is 12.5. The Hall–Kier alpha value is -2.59. The van der Waals surface area contributed by atoms with Gasteiger partial charge in [0.15, 0.2) is 0 Å². The minimum Gasteiger partial charge on any atom is -0.404 e. The molecule has 0 unspecified atom stereocenters. The van der Waals surface area contributed by atoms with Gasteiger partial charge in [0.25, 0.3) is 0 Å². The number of nitrogen functional groups attached to an aromatic ring is 1. The molecule has 0 saturated heterocycles. The summed E-state index contributed by atoms with van der Waals surface area (Å²) in [4.78, 5) is 4.00. The van der Waals surface area contributed by atoms with E-state index in [2.05, 4.69) is 11.6 Å². The number of anilines is 1.